The average molecular weight is 314 g/mol. The molecule has 0 spiro atoms. The molecule has 3 nitrogen and oxygen atoms in total. The molecule has 0 saturated carbocycles. The largest absolute Gasteiger partial charge is 0.618 e. The topological polar surface area (TPSA) is 38.4 Å². The SMILES string of the molecule is Cc1ccc(N=C(/C=[N+](\[O-])c2ccccc2)c2ccccc2)cc1. The van der Waals surface area contributed by atoms with Crippen LogP contribution in [0.25, 0.3) is 0 Å². The molecule has 0 N–H and O–H groups in total. The summed E-state index contributed by atoms with van der Waals surface area (Å²) in [4.78, 5) is 4.65. The Morgan fingerprint density at radius 1 is 0.833 bits per heavy atom. The highest BCUT2D eigenvalue weighted by Gasteiger charge is 2.07. The van der Waals surface area contributed by atoms with Gasteiger partial charge in [0.1, 0.15) is 5.71 Å². The van der Waals surface area contributed by atoms with E-state index in [1.165, 1.54) is 11.8 Å². The van der Waals surface area contributed by atoms with Crippen LogP contribution in [0.1, 0.15) is 11.1 Å². The van der Waals surface area contributed by atoms with Gasteiger partial charge in [-0.1, -0.05) is 66.2 Å². The minimum Gasteiger partial charge on any atom is -0.618 e. The van der Waals surface area contributed by atoms with E-state index in [9.17, 15) is 5.21 Å². The second-order valence-corrected chi connectivity index (χ2v) is 5.49. The van der Waals surface area contributed by atoms with Gasteiger partial charge in [0.15, 0.2) is 0 Å². The van der Waals surface area contributed by atoms with Gasteiger partial charge in [-0.05, 0) is 19.1 Å². The summed E-state index contributed by atoms with van der Waals surface area (Å²) >= 11 is 0. The Bertz CT molecular complexity index is 851. The van der Waals surface area contributed by atoms with E-state index in [0.717, 1.165) is 16.0 Å². The summed E-state index contributed by atoms with van der Waals surface area (Å²) in [5.41, 5.74) is 4.09. The van der Waals surface area contributed by atoms with Gasteiger partial charge in [-0.15, -0.1) is 0 Å². The lowest BCUT2D eigenvalue weighted by atomic mass is 10.1. The van der Waals surface area contributed by atoms with E-state index in [4.69, 9.17) is 0 Å². The van der Waals surface area contributed by atoms with Crippen LogP contribution in [0.4, 0.5) is 11.4 Å². The maximum absolute atomic E-state index is 12.5. The van der Waals surface area contributed by atoms with E-state index in [1.807, 2.05) is 79.7 Å². The van der Waals surface area contributed by atoms with Crippen molar-refractivity contribution in [2.24, 2.45) is 4.99 Å². The molecule has 0 unspecified atom stereocenters. The summed E-state index contributed by atoms with van der Waals surface area (Å²) in [5.74, 6) is 0. The van der Waals surface area contributed by atoms with Crippen LogP contribution in [0.15, 0.2) is 89.9 Å². The Kier molecular flexibility index (Phi) is 4.82. The van der Waals surface area contributed by atoms with Crippen molar-refractivity contribution in [2.75, 3.05) is 0 Å². The molecule has 0 saturated heterocycles. The standard InChI is InChI=1S/C21H18N2O/c1-17-12-14-19(15-13-17)22-21(18-8-4-2-5-9-18)16-23(24)20-10-6-3-7-11-20/h2-16H,1H3/b22-21?,23-16-. The minimum atomic E-state index is 0.574. The Labute approximate surface area is 141 Å². The number of nitrogens with zero attached hydrogens (tertiary/aromatic N) is 2. The van der Waals surface area contributed by atoms with Gasteiger partial charge in [-0.2, -0.15) is 4.74 Å². The first-order valence-corrected chi connectivity index (χ1v) is 7.79. The summed E-state index contributed by atoms with van der Waals surface area (Å²) < 4.78 is 0.847. The molecule has 0 heterocycles. The van der Waals surface area contributed by atoms with E-state index in [-0.39, 0.29) is 0 Å². The lowest BCUT2D eigenvalue weighted by Crippen LogP contribution is -2.10. The van der Waals surface area contributed by atoms with E-state index in [1.54, 1.807) is 12.1 Å². The van der Waals surface area contributed by atoms with Crippen LogP contribution in [0.2, 0.25) is 0 Å². The number of hydrogen-bond acceptors (Lipinski definition) is 2. The van der Waals surface area contributed by atoms with E-state index in [0.29, 0.717) is 11.4 Å². The van der Waals surface area contributed by atoms with Gasteiger partial charge in [0.05, 0.1) is 5.69 Å². The molecule has 0 aliphatic heterocycles. The number of benzene rings is 3. The number of aliphatic imine (C=N–C) groups is 1. The summed E-state index contributed by atoms with van der Waals surface area (Å²) in [6.45, 7) is 2.03. The second kappa shape index (κ2) is 7.38. The molecule has 3 aromatic rings. The molecule has 0 aliphatic carbocycles. The van der Waals surface area contributed by atoms with Crippen molar-refractivity contribution in [3.05, 3.63) is 101 Å². The fourth-order valence-electron chi connectivity index (χ4n) is 2.30. The van der Waals surface area contributed by atoms with Crippen LogP contribution in [0.3, 0.4) is 0 Å². The highest BCUT2D eigenvalue weighted by atomic mass is 16.5. The van der Waals surface area contributed by atoms with E-state index in [2.05, 4.69) is 4.99 Å². The third-order valence-electron chi connectivity index (χ3n) is 3.60. The summed E-state index contributed by atoms with van der Waals surface area (Å²) in [6.07, 6.45) is 1.52. The van der Waals surface area contributed by atoms with Crippen molar-refractivity contribution in [3.8, 4) is 0 Å². The summed E-state index contributed by atoms with van der Waals surface area (Å²) in [5, 5.41) is 12.5. The fraction of sp³-hybridized carbons (Fsp3) is 0.0476. The number of rotatable bonds is 4. The summed E-state index contributed by atoms with van der Waals surface area (Å²) in [7, 11) is 0. The molecule has 3 heteroatoms. The molecule has 0 bridgehead atoms. The molecule has 0 amide bonds. The zero-order valence-electron chi connectivity index (χ0n) is 13.5. The zero-order valence-corrected chi connectivity index (χ0v) is 13.5. The van der Waals surface area contributed by atoms with Gasteiger partial charge < -0.3 is 5.21 Å². The summed E-state index contributed by atoms with van der Waals surface area (Å²) in [6, 6.07) is 26.7. The predicted molar refractivity (Wildman–Crippen MR) is 99.6 cm³/mol. The monoisotopic (exact) mass is 314 g/mol. The van der Waals surface area contributed by atoms with Gasteiger partial charge in [-0.25, -0.2) is 4.99 Å². The van der Waals surface area contributed by atoms with Crippen molar-refractivity contribution in [2.45, 2.75) is 6.92 Å². The Hall–Kier alpha value is -3.20. The quantitative estimate of drug-likeness (QED) is 0.288. The lowest BCUT2D eigenvalue weighted by molar-refractivity contribution is -0.353. The van der Waals surface area contributed by atoms with Crippen molar-refractivity contribution < 1.29 is 4.74 Å². The Balaban J connectivity index is 2.04. The van der Waals surface area contributed by atoms with E-state index >= 15 is 0 Å². The molecule has 0 atom stereocenters. The van der Waals surface area contributed by atoms with Gasteiger partial charge in [0.2, 0.25) is 11.9 Å². The molecule has 0 radical (unpaired) electrons. The predicted octanol–water partition coefficient (Wildman–Crippen LogP) is 5.03. The smallest absolute Gasteiger partial charge is 0.216 e. The van der Waals surface area contributed by atoms with Gasteiger partial charge in [0.25, 0.3) is 0 Å². The maximum Gasteiger partial charge on any atom is 0.216 e. The second-order valence-electron chi connectivity index (χ2n) is 5.49. The first-order chi connectivity index (χ1) is 11.7. The average Bonchev–Trinajstić information content (AvgIpc) is 2.64. The molecule has 0 fully saturated rings. The van der Waals surface area contributed by atoms with Gasteiger partial charge >= 0.3 is 0 Å². The highest BCUT2D eigenvalue weighted by molar-refractivity contribution is 6.37. The van der Waals surface area contributed by atoms with Crippen molar-refractivity contribution in [1.82, 2.24) is 0 Å². The van der Waals surface area contributed by atoms with Crippen LogP contribution in [0.5, 0.6) is 0 Å². The van der Waals surface area contributed by atoms with E-state index < -0.39 is 0 Å². The highest BCUT2D eigenvalue weighted by Crippen LogP contribution is 2.15. The number of aryl methyl sites for hydroxylation is 1. The maximum atomic E-state index is 12.5. The van der Waals surface area contributed by atoms with Crippen LogP contribution >= 0.6 is 0 Å². The Morgan fingerprint density at radius 3 is 2.04 bits per heavy atom. The third-order valence-corrected chi connectivity index (χ3v) is 3.60. The normalized spacial score (nSPS) is 12.2. The molecular weight excluding hydrogens is 296 g/mol. The minimum absolute atomic E-state index is 0.574. The van der Waals surface area contributed by atoms with Crippen LogP contribution in [-0.4, -0.2) is 16.7 Å². The lowest BCUT2D eigenvalue weighted by Gasteiger charge is -2.05. The Morgan fingerprint density at radius 2 is 1.42 bits per heavy atom. The zero-order chi connectivity index (χ0) is 16.8. The van der Waals surface area contributed by atoms with Gasteiger partial charge in [-0.3, -0.25) is 0 Å². The molecule has 3 aromatic carbocycles. The molecule has 24 heavy (non-hydrogen) atoms. The van der Waals surface area contributed by atoms with Crippen molar-refractivity contribution in [1.29, 1.82) is 0 Å². The molecule has 118 valence electrons. The first kappa shape index (κ1) is 15.7. The van der Waals surface area contributed by atoms with Crippen molar-refractivity contribution >= 4 is 23.3 Å². The first-order valence-electron chi connectivity index (χ1n) is 7.79. The van der Waals surface area contributed by atoms with Crippen molar-refractivity contribution in [3.63, 3.8) is 0 Å². The molecule has 0 aromatic heterocycles. The number of para-hydroxylation sites is 1. The molecule has 0 aliphatic rings. The molecule has 3 rings (SSSR count). The fourth-order valence-corrected chi connectivity index (χ4v) is 2.30. The van der Waals surface area contributed by atoms with Gasteiger partial charge in [0, 0.05) is 17.7 Å². The van der Waals surface area contributed by atoms with Crippen LogP contribution < -0.4 is 0 Å². The van der Waals surface area contributed by atoms with Crippen LogP contribution in [-0.2, 0) is 0 Å². The number of hydrogen-bond donors (Lipinski definition) is 0. The van der Waals surface area contributed by atoms with Crippen LogP contribution in [0, 0.1) is 12.1 Å². The third kappa shape index (κ3) is 3.96. The molecular formula is C21H18N2O.